The third-order valence-electron chi connectivity index (χ3n) is 2.95. The molecule has 1 aromatic rings. The van der Waals surface area contributed by atoms with Crippen LogP contribution in [0.3, 0.4) is 0 Å². The second-order valence-electron chi connectivity index (χ2n) is 3.67. The normalized spacial score (nSPS) is 29.3. The molecule has 3 heteroatoms. The van der Waals surface area contributed by atoms with Crippen LogP contribution in [-0.4, -0.2) is 21.2 Å². The van der Waals surface area contributed by atoms with E-state index in [1.165, 1.54) is 0 Å². The maximum atomic E-state index is 10.1. The van der Waals surface area contributed by atoms with Crippen LogP contribution < -0.4 is 0 Å². The number of rotatable bonds is 2. The van der Waals surface area contributed by atoms with Crippen LogP contribution in [0.2, 0.25) is 0 Å². The summed E-state index contributed by atoms with van der Waals surface area (Å²) in [5.74, 6) is 0. The lowest BCUT2D eigenvalue weighted by atomic mass is 9.74. The minimum atomic E-state index is -0.524. The van der Waals surface area contributed by atoms with Gasteiger partial charge in [-0.2, -0.15) is 0 Å². The standard InChI is InChI=1S/C12H14N2O/c1-2-12(6-4-3-5-11(12)15)10-9-13-7-8-14-10/h3-9,11,15H,2H2,1H3. The molecule has 2 atom stereocenters. The van der Waals surface area contributed by atoms with E-state index < -0.39 is 11.5 Å². The van der Waals surface area contributed by atoms with E-state index >= 15 is 0 Å². The van der Waals surface area contributed by atoms with Crippen molar-refractivity contribution in [2.45, 2.75) is 24.9 Å². The lowest BCUT2D eigenvalue weighted by Gasteiger charge is -2.33. The second-order valence-corrected chi connectivity index (χ2v) is 3.67. The summed E-state index contributed by atoms with van der Waals surface area (Å²) in [5, 5.41) is 10.1. The van der Waals surface area contributed by atoms with Gasteiger partial charge in [-0.25, -0.2) is 0 Å². The smallest absolute Gasteiger partial charge is 0.0871 e. The molecule has 0 bridgehead atoms. The second kappa shape index (κ2) is 3.95. The van der Waals surface area contributed by atoms with Crippen LogP contribution in [0.25, 0.3) is 0 Å². The first-order chi connectivity index (χ1) is 7.29. The summed E-state index contributed by atoms with van der Waals surface area (Å²) in [7, 11) is 0. The van der Waals surface area contributed by atoms with Gasteiger partial charge in [0.25, 0.3) is 0 Å². The van der Waals surface area contributed by atoms with Crippen molar-refractivity contribution in [3.8, 4) is 0 Å². The molecule has 2 rings (SSSR count). The Kier molecular flexibility index (Phi) is 2.64. The van der Waals surface area contributed by atoms with Gasteiger partial charge in [-0.1, -0.05) is 31.2 Å². The van der Waals surface area contributed by atoms with Gasteiger partial charge in [-0.3, -0.25) is 9.97 Å². The molecule has 0 saturated carbocycles. The zero-order chi connectivity index (χ0) is 10.7. The number of hydrogen-bond acceptors (Lipinski definition) is 3. The Morgan fingerprint density at radius 3 is 2.87 bits per heavy atom. The monoisotopic (exact) mass is 202 g/mol. The summed E-state index contributed by atoms with van der Waals surface area (Å²) in [6.07, 6.45) is 12.9. The molecule has 0 fully saturated rings. The highest BCUT2D eigenvalue weighted by atomic mass is 16.3. The summed E-state index contributed by atoms with van der Waals surface area (Å²) in [5.41, 5.74) is 0.406. The molecule has 1 aliphatic carbocycles. The quantitative estimate of drug-likeness (QED) is 0.792. The summed E-state index contributed by atoms with van der Waals surface area (Å²) in [6.45, 7) is 2.04. The van der Waals surface area contributed by atoms with Gasteiger partial charge in [0.1, 0.15) is 0 Å². The molecule has 0 aliphatic heterocycles. The number of aliphatic hydroxyl groups is 1. The topological polar surface area (TPSA) is 46.0 Å². The van der Waals surface area contributed by atoms with E-state index in [9.17, 15) is 5.11 Å². The Morgan fingerprint density at radius 2 is 2.27 bits per heavy atom. The van der Waals surface area contributed by atoms with Gasteiger partial charge >= 0.3 is 0 Å². The average molecular weight is 202 g/mol. The van der Waals surface area contributed by atoms with Gasteiger partial charge in [0, 0.05) is 18.6 Å². The summed E-state index contributed by atoms with van der Waals surface area (Å²) >= 11 is 0. The summed E-state index contributed by atoms with van der Waals surface area (Å²) in [6, 6.07) is 0. The van der Waals surface area contributed by atoms with E-state index in [0.717, 1.165) is 12.1 Å². The van der Waals surface area contributed by atoms with E-state index in [1.807, 2.05) is 25.2 Å². The van der Waals surface area contributed by atoms with Crippen LogP contribution in [0.15, 0.2) is 42.9 Å². The van der Waals surface area contributed by atoms with Crippen LogP contribution in [0, 0.1) is 0 Å². The molecule has 0 amide bonds. The van der Waals surface area contributed by atoms with Crippen molar-refractivity contribution >= 4 is 0 Å². The Morgan fingerprint density at radius 1 is 1.40 bits per heavy atom. The largest absolute Gasteiger partial charge is 0.388 e. The van der Waals surface area contributed by atoms with Crippen LogP contribution in [0.5, 0.6) is 0 Å². The zero-order valence-electron chi connectivity index (χ0n) is 8.67. The number of aliphatic hydroxyl groups excluding tert-OH is 1. The van der Waals surface area contributed by atoms with Gasteiger partial charge < -0.3 is 5.11 Å². The summed E-state index contributed by atoms with van der Waals surface area (Å²) < 4.78 is 0. The minimum absolute atomic E-state index is 0.414. The molecule has 2 unspecified atom stereocenters. The predicted octanol–water partition coefficient (Wildman–Crippen LogP) is 1.61. The van der Waals surface area contributed by atoms with Crippen molar-refractivity contribution in [3.63, 3.8) is 0 Å². The molecule has 1 aromatic heterocycles. The van der Waals surface area contributed by atoms with Crippen LogP contribution >= 0.6 is 0 Å². The third kappa shape index (κ3) is 1.59. The Bertz CT molecular complexity index is 386. The van der Waals surface area contributed by atoms with Gasteiger partial charge in [-0.05, 0) is 6.42 Å². The molecule has 1 aliphatic rings. The number of nitrogens with zero attached hydrogens (tertiary/aromatic N) is 2. The Labute approximate surface area is 89.2 Å². The van der Waals surface area contributed by atoms with Crippen molar-refractivity contribution in [1.82, 2.24) is 9.97 Å². The van der Waals surface area contributed by atoms with Crippen molar-refractivity contribution in [1.29, 1.82) is 0 Å². The predicted molar refractivity (Wildman–Crippen MR) is 58.3 cm³/mol. The van der Waals surface area contributed by atoms with Crippen molar-refractivity contribution in [2.24, 2.45) is 0 Å². The number of aromatic nitrogens is 2. The Hall–Kier alpha value is -1.48. The lowest BCUT2D eigenvalue weighted by molar-refractivity contribution is 0.143. The molecule has 15 heavy (non-hydrogen) atoms. The van der Waals surface area contributed by atoms with E-state index in [0.29, 0.717) is 0 Å². The Balaban J connectivity index is 2.46. The van der Waals surface area contributed by atoms with Gasteiger partial charge in [0.2, 0.25) is 0 Å². The van der Waals surface area contributed by atoms with E-state index in [1.54, 1.807) is 24.7 Å². The number of allylic oxidation sites excluding steroid dienone is 2. The van der Waals surface area contributed by atoms with Crippen LogP contribution in [0.1, 0.15) is 19.0 Å². The van der Waals surface area contributed by atoms with Crippen molar-refractivity contribution in [2.75, 3.05) is 0 Å². The van der Waals surface area contributed by atoms with Crippen molar-refractivity contribution in [3.05, 3.63) is 48.6 Å². The van der Waals surface area contributed by atoms with Crippen molar-refractivity contribution < 1.29 is 5.11 Å². The van der Waals surface area contributed by atoms with Gasteiger partial charge in [0.05, 0.1) is 17.2 Å². The van der Waals surface area contributed by atoms with Crippen LogP contribution in [0.4, 0.5) is 0 Å². The zero-order valence-corrected chi connectivity index (χ0v) is 8.67. The number of hydrogen-bond donors (Lipinski definition) is 1. The molecule has 78 valence electrons. The SMILES string of the molecule is CCC1(c2cnccn2)C=CC=CC1O. The van der Waals surface area contributed by atoms with E-state index in [-0.39, 0.29) is 0 Å². The lowest BCUT2D eigenvalue weighted by Crippen LogP contribution is -2.38. The van der Waals surface area contributed by atoms with E-state index in [4.69, 9.17) is 0 Å². The highest BCUT2D eigenvalue weighted by Gasteiger charge is 2.36. The first-order valence-corrected chi connectivity index (χ1v) is 5.10. The van der Waals surface area contributed by atoms with Gasteiger partial charge in [0.15, 0.2) is 0 Å². The molecule has 3 nitrogen and oxygen atoms in total. The minimum Gasteiger partial charge on any atom is -0.388 e. The first-order valence-electron chi connectivity index (χ1n) is 5.10. The highest BCUT2D eigenvalue weighted by molar-refractivity contribution is 5.33. The fourth-order valence-corrected chi connectivity index (χ4v) is 1.95. The molecule has 0 radical (unpaired) electrons. The molecule has 0 aromatic carbocycles. The molecular weight excluding hydrogens is 188 g/mol. The molecule has 1 N–H and O–H groups in total. The fourth-order valence-electron chi connectivity index (χ4n) is 1.95. The average Bonchev–Trinajstić information content (AvgIpc) is 2.31. The fraction of sp³-hybridized carbons (Fsp3) is 0.333. The van der Waals surface area contributed by atoms with E-state index in [2.05, 4.69) is 9.97 Å². The molecular formula is C12H14N2O. The highest BCUT2D eigenvalue weighted by Crippen LogP contribution is 2.34. The third-order valence-corrected chi connectivity index (χ3v) is 2.95. The maximum Gasteiger partial charge on any atom is 0.0871 e. The van der Waals surface area contributed by atoms with Crippen LogP contribution in [-0.2, 0) is 5.41 Å². The molecule has 0 saturated heterocycles. The first kappa shape index (κ1) is 10.1. The van der Waals surface area contributed by atoms with Gasteiger partial charge in [-0.15, -0.1) is 0 Å². The molecule has 0 spiro atoms. The molecule has 1 heterocycles. The summed E-state index contributed by atoms with van der Waals surface area (Å²) in [4.78, 5) is 8.34. The maximum absolute atomic E-state index is 10.1.